The second-order valence-corrected chi connectivity index (χ2v) is 9.84. The van der Waals surface area contributed by atoms with Gasteiger partial charge in [0, 0.05) is 49.8 Å². The van der Waals surface area contributed by atoms with Gasteiger partial charge in [0.05, 0.1) is 12.8 Å². The van der Waals surface area contributed by atoms with Gasteiger partial charge in [-0.2, -0.15) is 5.10 Å². The second kappa shape index (κ2) is 10.5. The normalized spacial score (nSPS) is 17.1. The molecule has 2 heterocycles. The molecule has 3 aromatic carbocycles. The molecule has 1 aromatic heterocycles. The molecule has 0 saturated carbocycles. The van der Waals surface area contributed by atoms with Crippen molar-refractivity contribution in [2.45, 2.75) is 44.2 Å². The molecule has 5 rings (SSSR count). The average molecular weight is 497 g/mol. The van der Waals surface area contributed by atoms with Gasteiger partial charge in [-0.25, -0.2) is 4.68 Å². The van der Waals surface area contributed by atoms with Crippen LogP contribution in [0.2, 0.25) is 0 Å². The number of ether oxygens (including phenoxy) is 1. The van der Waals surface area contributed by atoms with E-state index in [2.05, 4.69) is 28.6 Å². The zero-order chi connectivity index (χ0) is 25.8. The third kappa shape index (κ3) is 5.35. The van der Waals surface area contributed by atoms with Crippen LogP contribution in [0.4, 0.5) is 0 Å². The lowest BCUT2D eigenvalue weighted by atomic mass is 9.83. The number of rotatable bonds is 9. The maximum atomic E-state index is 13.1. The largest absolute Gasteiger partial charge is 0.496 e. The van der Waals surface area contributed by atoms with Crippen molar-refractivity contribution in [2.24, 2.45) is 0 Å². The third-order valence-corrected chi connectivity index (χ3v) is 7.33. The van der Waals surface area contributed by atoms with Gasteiger partial charge in [0.1, 0.15) is 5.75 Å². The fourth-order valence-corrected chi connectivity index (χ4v) is 5.29. The van der Waals surface area contributed by atoms with Crippen molar-refractivity contribution in [1.82, 2.24) is 20.0 Å². The summed E-state index contributed by atoms with van der Waals surface area (Å²) in [6.45, 7) is 0.528. The minimum absolute atomic E-state index is 0.0518. The van der Waals surface area contributed by atoms with Gasteiger partial charge >= 0.3 is 0 Å². The third-order valence-electron chi connectivity index (χ3n) is 7.33. The molecule has 0 unspecified atom stereocenters. The number of aromatic nitrogens is 2. The zero-order valence-electron chi connectivity index (χ0n) is 21.3. The minimum atomic E-state index is -0.434. The van der Waals surface area contributed by atoms with Crippen LogP contribution in [0.15, 0.2) is 79.1 Å². The molecule has 0 bridgehead atoms. The first-order valence-corrected chi connectivity index (χ1v) is 12.6. The number of hydrogen-bond donors (Lipinski definition) is 1. The number of carbonyl (C=O) groups excluding carboxylic acids is 2. The van der Waals surface area contributed by atoms with E-state index in [1.807, 2.05) is 61.8 Å². The van der Waals surface area contributed by atoms with Gasteiger partial charge in [0.15, 0.2) is 0 Å². The minimum Gasteiger partial charge on any atom is -0.496 e. The molecule has 0 radical (unpaired) electrons. The van der Waals surface area contributed by atoms with Gasteiger partial charge in [0.25, 0.3) is 0 Å². The first-order chi connectivity index (χ1) is 18.0. The van der Waals surface area contributed by atoms with Gasteiger partial charge in [-0.1, -0.05) is 42.5 Å². The lowest BCUT2D eigenvalue weighted by Crippen LogP contribution is -2.44. The summed E-state index contributed by atoms with van der Waals surface area (Å²) in [6, 6.07) is 22.2. The second-order valence-electron chi connectivity index (χ2n) is 9.84. The number of amides is 2. The summed E-state index contributed by atoms with van der Waals surface area (Å²) in [6.07, 6.45) is 6.50. The maximum Gasteiger partial charge on any atom is 0.222 e. The molecule has 1 aliphatic rings. The molecule has 0 spiro atoms. The van der Waals surface area contributed by atoms with Crippen LogP contribution in [0.1, 0.15) is 36.8 Å². The van der Waals surface area contributed by atoms with Crippen LogP contribution in [0.5, 0.6) is 5.75 Å². The first kappa shape index (κ1) is 24.6. The standard InChI is InChI=1S/C30H32N4O3/c1-33(21-22-8-11-24(12-9-22)34-19-5-18-31-34)29(36)15-17-30(16-14-28(35)32-30)20-23-10-13-27(37-2)26-7-4-3-6-25(23)26/h3-13,18-19H,14-17,20-21H2,1-2H3,(H,32,35)/t30-/m1/s1. The maximum absolute atomic E-state index is 13.1. The summed E-state index contributed by atoms with van der Waals surface area (Å²) >= 11 is 0. The molecule has 37 heavy (non-hydrogen) atoms. The van der Waals surface area contributed by atoms with E-state index in [-0.39, 0.29) is 11.8 Å². The topological polar surface area (TPSA) is 76.5 Å². The molecular formula is C30H32N4O3. The summed E-state index contributed by atoms with van der Waals surface area (Å²) in [5, 5.41) is 9.64. The molecule has 7 nitrogen and oxygen atoms in total. The van der Waals surface area contributed by atoms with Crippen LogP contribution < -0.4 is 10.1 Å². The van der Waals surface area contributed by atoms with E-state index in [1.54, 1.807) is 22.9 Å². The van der Waals surface area contributed by atoms with Crippen molar-refractivity contribution < 1.29 is 14.3 Å². The zero-order valence-corrected chi connectivity index (χ0v) is 21.3. The Hall–Kier alpha value is -4.13. The van der Waals surface area contributed by atoms with E-state index in [0.717, 1.165) is 39.8 Å². The van der Waals surface area contributed by atoms with Crippen molar-refractivity contribution in [3.63, 3.8) is 0 Å². The number of benzene rings is 3. The van der Waals surface area contributed by atoms with Crippen LogP contribution in [0.25, 0.3) is 16.5 Å². The van der Waals surface area contributed by atoms with E-state index < -0.39 is 5.54 Å². The first-order valence-electron chi connectivity index (χ1n) is 12.6. The van der Waals surface area contributed by atoms with Crippen molar-refractivity contribution >= 4 is 22.6 Å². The van der Waals surface area contributed by atoms with Crippen molar-refractivity contribution in [3.8, 4) is 11.4 Å². The highest BCUT2D eigenvalue weighted by Gasteiger charge is 2.38. The lowest BCUT2D eigenvalue weighted by molar-refractivity contribution is -0.131. The van der Waals surface area contributed by atoms with Crippen LogP contribution >= 0.6 is 0 Å². The highest BCUT2D eigenvalue weighted by Crippen LogP contribution is 2.35. The number of methoxy groups -OCH3 is 1. The molecule has 1 fully saturated rings. The van der Waals surface area contributed by atoms with Crippen molar-refractivity contribution in [3.05, 3.63) is 90.3 Å². The van der Waals surface area contributed by atoms with Crippen molar-refractivity contribution in [2.75, 3.05) is 14.2 Å². The molecule has 4 aromatic rings. The highest BCUT2D eigenvalue weighted by molar-refractivity contribution is 5.91. The molecular weight excluding hydrogens is 464 g/mol. The van der Waals surface area contributed by atoms with Crippen LogP contribution in [0.3, 0.4) is 0 Å². The Kier molecular flexibility index (Phi) is 6.95. The Morgan fingerprint density at radius 1 is 1.08 bits per heavy atom. The Morgan fingerprint density at radius 2 is 1.86 bits per heavy atom. The van der Waals surface area contributed by atoms with E-state index >= 15 is 0 Å². The number of hydrogen-bond acceptors (Lipinski definition) is 4. The summed E-state index contributed by atoms with van der Waals surface area (Å²) < 4.78 is 7.36. The Bertz CT molecular complexity index is 1400. The van der Waals surface area contributed by atoms with E-state index in [1.165, 1.54) is 0 Å². The van der Waals surface area contributed by atoms with E-state index in [0.29, 0.717) is 32.2 Å². The molecule has 0 aliphatic carbocycles. The fourth-order valence-electron chi connectivity index (χ4n) is 5.29. The number of carbonyl (C=O) groups is 2. The van der Waals surface area contributed by atoms with Gasteiger partial charge in [0.2, 0.25) is 11.8 Å². The SMILES string of the molecule is COc1ccc(C[C@]2(CCC(=O)N(C)Cc3ccc(-n4cccn4)cc3)CCC(=O)N2)c2ccccc12. The lowest BCUT2D eigenvalue weighted by Gasteiger charge is -2.31. The Labute approximate surface area is 217 Å². The molecule has 1 saturated heterocycles. The predicted molar refractivity (Wildman–Crippen MR) is 144 cm³/mol. The molecule has 7 heteroatoms. The number of nitrogens with zero attached hydrogens (tertiary/aromatic N) is 3. The predicted octanol–water partition coefficient (Wildman–Crippen LogP) is 4.66. The van der Waals surface area contributed by atoms with Crippen LogP contribution in [-0.2, 0) is 22.6 Å². The van der Waals surface area contributed by atoms with Crippen molar-refractivity contribution in [1.29, 1.82) is 0 Å². The van der Waals surface area contributed by atoms with E-state index in [9.17, 15) is 9.59 Å². The molecule has 1 atom stereocenters. The molecule has 2 amide bonds. The highest BCUT2D eigenvalue weighted by atomic mass is 16.5. The van der Waals surface area contributed by atoms with Gasteiger partial charge in [-0.3, -0.25) is 9.59 Å². The number of fused-ring (bicyclic) bond motifs is 1. The fraction of sp³-hybridized carbons (Fsp3) is 0.300. The van der Waals surface area contributed by atoms with Gasteiger partial charge in [-0.05, 0) is 60.0 Å². The van der Waals surface area contributed by atoms with Gasteiger partial charge < -0.3 is 15.0 Å². The quantitative estimate of drug-likeness (QED) is 0.366. The Balaban J connectivity index is 1.26. The summed E-state index contributed by atoms with van der Waals surface area (Å²) in [5.41, 5.74) is 2.75. The number of nitrogens with one attached hydrogen (secondary N) is 1. The monoisotopic (exact) mass is 496 g/mol. The summed E-state index contributed by atoms with van der Waals surface area (Å²) in [5.74, 6) is 0.950. The molecule has 1 N–H and O–H groups in total. The average Bonchev–Trinajstić information content (AvgIpc) is 3.58. The van der Waals surface area contributed by atoms with Crippen LogP contribution in [-0.4, -0.2) is 46.2 Å². The molecule has 190 valence electrons. The summed E-state index contributed by atoms with van der Waals surface area (Å²) in [4.78, 5) is 27.2. The van der Waals surface area contributed by atoms with E-state index in [4.69, 9.17) is 4.74 Å². The van der Waals surface area contributed by atoms with Crippen LogP contribution in [0, 0.1) is 0 Å². The Morgan fingerprint density at radius 3 is 2.54 bits per heavy atom. The smallest absolute Gasteiger partial charge is 0.222 e. The molecule has 1 aliphatic heterocycles. The van der Waals surface area contributed by atoms with Gasteiger partial charge in [-0.15, -0.1) is 0 Å². The summed E-state index contributed by atoms with van der Waals surface area (Å²) in [7, 11) is 3.51.